The van der Waals surface area contributed by atoms with Crippen molar-refractivity contribution in [1.82, 2.24) is 9.88 Å². The third-order valence-corrected chi connectivity index (χ3v) is 4.80. The summed E-state index contributed by atoms with van der Waals surface area (Å²) in [5.41, 5.74) is 0.758. The molecule has 120 valence electrons. The molecule has 1 aromatic heterocycles. The molecular weight excluding hydrogens is 332 g/mol. The van der Waals surface area contributed by atoms with Gasteiger partial charge in [-0.2, -0.15) is 0 Å². The molecule has 3 rings (SSSR count). The molecule has 23 heavy (non-hydrogen) atoms. The second-order valence-corrected chi connectivity index (χ2v) is 6.88. The number of aromatic nitrogens is 1. The van der Waals surface area contributed by atoms with Crippen LogP contribution in [0, 0.1) is 0 Å². The summed E-state index contributed by atoms with van der Waals surface area (Å²) in [6, 6.07) is 11.2. The first-order chi connectivity index (χ1) is 11.2. The normalized spacial score (nSPS) is 14.4. The standard InChI is InChI=1S/C17H17ClN2O2S/c1-2-23-15-8-4-3-6-13(15)17(21)20-10-12(11-20)22-16-14(18)7-5-9-19-16/h3-9,12H,2,10-11H2,1H3. The molecule has 0 N–H and O–H groups in total. The van der Waals surface area contributed by atoms with Gasteiger partial charge in [0.15, 0.2) is 0 Å². The van der Waals surface area contributed by atoms with E-state index >= 15 is 0 Å². The molecule has 0 unspecified atom stereocenters. The van der Waals surface area contributed by atoms with Gasteiger partial charge in [-0.3, -0.25) is 4.79 Å². The average molecular weight is 349 g/mol. The van der Waals surface area contributed by atoms with E-state index in [1.807, 2.05) is 24.3 Å². The fourth-order valence-electron chi connectivity index (χ4n) is 2.39. The quantitative estimate of drug-likeness (QED) is 0.772. The zero-order valence-electron chi connectivity index (χ0n) is 12.7. The summed E-state index contributed by atoms with van der Waals surface area (Å²) in [6.07, 6.45) is 1.58. The van der Waals surface area contributed by atoms with E-state index < -0.39 is 0 Å². The van der Waals surface area contributed by atoms with E-state index in [1.165, 1.54) is 0 Å². The molecule has 0 aliphatic carbocycles. The minimum Gasteiger partial charge on any atom is -0.470 e. The fourth-order valence-corrected chi connectivity index (χ4v) is 3.35. The number of hydrogen-bond acceptors (Lipinski definition) is 4. The molecule has 2 heterocycles. The molecule has 1 fully saturated rings. The Kier molecular flexibility index (Phi) is 5.08. The smallest absolute Gasteiger partial charge is 0.255 e. The number of hydrogen-bond donors (Lipinski definition) is 0. The van der Waals surface area contributed by atoms with Gasteiger partial charge in [-0.05, 0) is 30.0 Å². The lowest BCUT2D eigenvalue weighted by Gasteiger charge is -2.39. The lowest BCUT2D eigenvalue weighted by atomic mass is 10.1. The number of rotatable bonds is 5. The molecule has 6 heteroatoms. The van der Waals surface area contributed by atoms with E-state index in [-0.39, 0.29) is 12.0 Å². The number of carbonyl (C=O) groups excluding carboxylic acids is 1. The van der Waals surface area contributed by atoms with Crippen LogP contribution in [-0.4, -0.2) is 40.7 Å². The van der Waals surface area contributed by atoms with Gasteiger partial charge in [0.25, 0.3) is 5.91 Å². The Morgan fingerprint density at radius 1 is 1.35 bits per heavy atom. The molecule has 1 amide bonds. The van der Waals surface area contributed by atoms with E-state index in [4.69, 9.17) is 16.3 Å². The fraction of sp³-hybridized carbons (Fsp3) is 0.294. The van der Waals surface area contributed by atoms with Crippen molar-refractivity contribution in [1.29, 1.82) is 0 Å². The predicted molar refractivity (Wildman–Crippen MR) is 92.4 cm³/mol. The van der Waals surface area contributed by atoms with Crippen LogP contribution in [0.5, 0.6) is 5.88 Å². The lowest BCUT2D eigenvalue weighted by molar-refractivity contribution is 0.0158. The van der Waals surface area contributed by atoms with Crippen molar-refractivity contribution in [3.8, 4) is 5.88 Å². The maximum atomic E-state index is 12.6. The Hall–Kier alpha value is -1.72. The Labute approximate surface area is 144 Å². The van der Waals surface area contributed by atoms with Gasteiger partial charge in [-0.1, -0.05) is 30.7 Å². The van der Waals surface area contributed by atoms with E-state index in [2.05, 4.69) is 11.9 Å². The number of carbonyl (C=O) groups is 1. The predicted octanol–water partition coefficient (Wildman–Crippen LogP) is 3.75. The Balaban J connectivity index is 1.61. The number of halogens is 1. The van der Waals surface area contributed by atoms with Gasteiger partial charge >= 0.3 is 0 Å². The molecule has 1 aliphatic heterocycles. The van der Waals surface area contributed by atoms with Crippen molar-refractivity contribution in [2.45, 2.75) is 17.9 Å². The van der Waals surface area contributed by atoms with E-state index in [0.29, 0.717) is 24.0 Å². The van der Waals surface area contributed by atoms with Gasteiger partial charge in [0.05, 0.1) is 18.7 Å². The van der Waals surface area contributed by atoms with E-state index in [0.717, 1.165) is 16.2 Å². The highest BCUT2D eigenvalue weighted by Crippen LogP contribution is 2.27. The molecule has 0 radical (unpaired) electrons. The van der Waals surface area contributed by atoms with Crippen LogP contribution in [0.4, 0.5) is 0 Å². The average Bonchev–Trinajstić information content (AvgIpc) is 2.52. The number of amides is 1. The first-order valence-corrected chi connectivity index (χ1v) is 8.83. The van der Waals surface area contributed by atoms with Gasteiger partial charge in [0.1, 0.15) is 11.1 Å². The summed E-state index contributed by atoms with van der Waals surface area (Å²) >= 11 is 7.71. The summed E-state index contributed by atoms with van der Waals surface area (Å²) in [5.74, 6) is 1.41. The third-order valence-electron chi connectivity index (χ3n) is 3.56. The topological polar surface area (TPSA) is 42.4 Å². The van der Waals surface area contributed by atoms with Gasteiger partial charge in [-0.15, -0.1) is 11.8 Å². The molecule has 0 saturated carbocycles. The maximum Gasteiger partial charge on any atom is 0.255 e. The summed E-state index contributed by atoms with van der Waals surface area (Å²) in [5, 5.41) is 0.488. The minimum atomic E-state index is -0.0580. The number of thioether (sulfide) groups is 1. The third kappa shape index (κ3) is 3.62. The highest BCUT2D eigenvalue weighted by molar-refractivity contribution is 7.99. The van der Waals surface area contributed by atoms with Gasteiger partial charge < -0.3 is 9.64 Å². The van der Waals surface area contributed by atoms with Crippen molar-refractivity contribution in [2.24, 2.45) is 0 Å². The second-order valence-electron chi connectivity index (χ2n) is 5.17. The monoisotopic (exact) mass is 348 g/mol. The Bertz CT molecular complexity index is 704. The van der Waals surface area contributed by atoms with Crippen molar-refractivity contribution in [2.75, 3.05) is 18.8 Å². The molecular formula is C17H17ClN2O2S. The number of nitrogens with zero attached hydrogens (tertiary/aromatic N) is 2. The first-order valence-electron chi connectivity index (χ1n) is 7.47. The molecule has 4 nitrogen and oxygen atoms in total. The van der Waals surface area contributed by atoms with Crippen LogP contribution >= 0.6 is 23.4 Å². The molecule has 2 aromatic rings. The largest absolute Gasteiger partial charge is 0.470 e. The highest BCUT2D eigenvalue weighted by Gasteiger charge is 2.34. The van der Waals surface area contributed by atoms with Gasteiger partial charge in [0, 0.05) is 11.1 Å². The second kappa shape index (κ2) is 7.23. The minimum absolute atomic E-state index is 0.0496. The number of pyridine rings is 1. The van der Waals surface area contributed by atoms with Crippen molar-refractivity contribution in [3.05, 3.63) is 53.2 Å². The first kappa shape index (κ1) is 16.1. The van der Waals surface area contributed by atoms with Crippen LogP contribution in [0.25, 0.3) is 0 Å². The summed E-state index contributed by atoms with van der Waals surface area (Å²) in [4.78, 5) is 19.5. The molecule has 1 aliphatic rings. The summed E-state index contributed by atoms with van der Waals surface area (Å²) < 4.78 is 5.73. The molecule has 1 aromatic carbocycles. The molecule has 1 saturated heterocycles. The zero-order valence-corrected chi connectivity index (χ0v) is 14.3. The van der Waals surface area contributed by atoms with Crippen molar-refractivity contribution in [3.63, 3.8) is 0 Å². The van der Waals surface area contributed by atoms with E-state index in [9.17, 15) is 4.79 Å². The van der Waals surface area contributed by atoms with Crippen LogP contribution in [0.2, 0.25) is 5.02 Å². The number of likely N-dealkylation sites (tertiary alicyclic amines) is 1. The maximum absolute atomic E-state index is 12.6. The lowest BCUT2D eigenvalue weighted by Crippen LogP contribution is -2.56. The molecule has 0 atom stereocenters. The molecule has 0 bridgehead atoms. The Morgan fingerprint density at radius 2 is 2.13 bits per heavy atom. The van der Waals surface area contributed by atoms with Gasteiger partial charge in [0.2, 0.25) is 5.88 Å². The van der Waals surface area contributed by atoms with Crippen LogP contribution in [0.3, 0.4) is 0 Å². The van der Waals surface area contributed by atoms with Crippen LogP contribution in [0.1, 0.15) is 17.3 Å². The summed E-state index contributed by atoms with van der Waals surface area (Å²) in [7, 11) is 0. The van der Waals surface area contributed by atoms with Crippen LogP contribution < -0.4 is 4.74 Å². The van der Waals surface area contributed by atoms with Crippen molar-refractivity contribution >= 4 is 29.3 Å². The van der Waals surface area contributed by atoms with Gasteiger partial charge in [-0.25, -0.2) is 4.98 Å². The molecule has 0 spiro atoms. The summed E-state index contributed by atoms with van der Waals surface area (Å²) in [6.45, 7) is 3.18. The van der Waals surface area contributed by atoms with Crippen LogP contribution in [0.15, 0.2) is 47.5 Å². The number of benzene rings is 1. The van der Waals surface area contributed by atoms with Crippen LogP contribution in [-0.2, 0) is 0 Å². The van der Waals surface area contributed by atoms with Crippen molar-refractivity contribution < 1.29 is 9.53 Å². The SMILES string of the molecule is CCSc1ccccc1C(=O)N1CC(Oc2ncccc2Cl)C1. The zero-order chi connectivity index (χ0) is 16.2. The highest BCUT2D eigenvalue weighted by atomic mass is 35.5. The Morgan fingerprint density at radius 3 is 2.87 bits per heavy atom. The number of ether oxygens (including phenoxy) is 1. The van der Waals surface area contributed by atoms with E-state index in [1.54, 1.807) is 35.0 Å².